The molecule has 3 aromatic carbocycles. The Morgan fingerprint density at radius 3 is 1.65 bits per heavy atom. The Hall–Kier alpha value is -2.71. The second-order valence-electron chi connectivity index (χ2n) is 4.51. The van der Waals surface area contributed by atoms with Crippen LogP contribution in [-0.2, 0) is 4.57 Å². The number of hydrogen-bond donors (Lipinski definition) is 0. The number of para-hydroxylation sites is 3. The summed E-state index contributed by atoms with van der Waals surface area (Å²) in [6.45, 7) is 0. The van der Waals surface area contributed by atoms with Gasteiger partial charge in [0.15, 0.2) is 0 Å². The van der Waals surface area contributed by atoms with Crippen molar-refractivity contribution in [3.8, 4) is 17.2 Å². The summed E-state index contributed by atoms with van der Waals surface area (Å²) < 4.78 is 45.1. The lowest BCUT2D eigenvalue weighted by Crippen LogP contribution is -2.07. The van der Waals surface area contributed by atoms with Gasteiger partial charge in [0, 0.05) is 0 Å². The second-order valence-corrected chi connectivity index (χ2v) is 5.95. The van der Waals surface area contributed by atoms with Crippen molar-refractivity contribution in [3.63, 3.8) is 0 Å². The van der Waals surface area contributed by atoms with Crippen LogP contribution >= 0.6 is 7.82 Å². The molecule has 0 aliphatic heterocycles. The van der Waals surface area contributed by atoms with E-state index in [1.807, 2.05) is 0 Å². The number of rotatable bonds is 6. The lowest BCUT2D eigenvalue weighted by Gasteiger charge is -2.19. The molecule has 0 saturated heterocycles. The Labute approximate surface area is 137 Å². The van der Waals surface area contributed by atoms with Crippen molar-refractivity contribution in [2.24, 2.45) is 0 Å². The third-order valence-electron chi connectivity index (χ3n) is 2.75. The van der Waals surface area contributed by atoms with Gasteiger partial charge in [-0.05, 0) is 36.4 Å². The van der Waals surface area contributed by atoms with Gasteiger partial charge < -0.3 is 13.6 Å². The van der Waals surface area contributed by atoms with E-state index in [0.29, 0.717) is 11.5 Å². The van der Waals surface area contributed by atoms with Crippen LogP contribution in [0.25, 0.3) is 0 Å². The molecule has 0 bridgehead atoms. The molecule has 0 aliphatic carbocycles. The third kappa shape index (κ3) is 4.38. The lowest BCUT2D eigenvalue weighted by atomic mass is 10.3. The molecule has 0 unspecified atom stereocenters. The van der Waals surface area contributed by atoms with E-state index >= 15 is 0 Å². The highest BCUT2D eigenvalue weighted by Gasteiger charge is 2.33. The maximum absolute atomic E-state index is 13.2. The van der Waals surface area contributed by atoms with Crippen LogP contribution in [0.4, 0.5) is 0 Å². The Morgan fingerprint density at radius 2 is 1.09 bits per heavy atom. The summed E-state index contributed by atoms with van der Waals surface area (Å²) in [5.74, 6) is 0.549. The van der Waals surface area contributed by atoms with E-state index in [4.69, 9.17) is 16.3 Å². The molecule has 0 radical (unpaired) electrons. The van der Waals surface area contributed by atoms with Gasteiger partial charge in [-0.2, -0.15) is 4.57 Å². The van der Waals surface area contributed by atoms with Gasteiger partial charge >= 0.3 is 7.82 Å². The largest absolute Gasteiger partial charge is 0.647 e. The van der Waals surface area contributed by atoms with E-state index in [0.717, 1.165) is 0 Å². The van der Waals surface area contributed by atoms with Gasteiger partial charge in [0.25, 0.3) is 0 Å². The number of phosphoric acid groups is 1. The quantitative estimate of drug-likeness (QED) is 0.574. The van der Waals surface area contributed by atoms with E-state index in [1.165, 1.54) is 18.2 Å². The van der Waals surface area contributed by atoms with E-state index in [9.17, 15) is 4.57 Å². The molecule has 23 heavy (non-hydrogen) atoms. The zero-order chi connectivity index (χ0) is 17.7. The van der Waals surface area contributed by atoms with Crippen LogP contribution in [0.1, 0.15) is 2.74 Å². The fourth-order valence-corrected chi connectivity index (χ4v) is 3.01. The predicted octanol–water partition coefficient (Wildman–Crippen LogP) is 5.33. The molecular weight excluding hydrogens is 311 g/mol. The first kappa shape index (κ1) is 12.8. The Kier molecular flexibility index (Phi) is 3.91. The predicted molar refractivity (Wildman–Crippen MR) is 88.8 cm³/mol. The first-order chi connectivity index (χ1) is 12.1. The zero-order valence-electron chi connectivity index (χ0n) is 14.1. The van der Waals surface area contributed by atoms with Gasteiger partial charge in [-0.3, -0.25) is 0 Å². The molecule has 0 amide bonds. The van der Waals surface area contributed by atoms with Crippen LogP contribution in [0.5, 0.6) is 17.2 Å². The average Bonchev–Trinajstić information content (AvgIpc) is 2.60. The van der Waals surface area contributed by atoms with E-state index in [-0.39, 0.29) is 17.8 Å². The average molecular weight is 328 g/mol. The van der Waals surface area contributed by atoms with E-state index in [2.05, 4.69) is 0 Å². The smallest absolute Gasteiger partial charge is 0.386 e. The molecule has 3 rings (SSSR count). The summed E-state index contributed by atoms with van der Waals surface area (Å²) in [5.41, 5.74) is 0. The zero-order valence-corrected chi connectivity index (χ0v) is 13.0. The van der Waals surface area contributed by atoms with Crippen LogP contribution < -0.4 is 13.6 Å². The minimum absolute atomic E-state index is 0.0523. The van der Waals surface area contributed by atoms with Gasteiger partial charge in [0.1, 0.15) is 17.2 Å². The number of phosphoric ester groups is 1. The maximum atomic E-state index is 13.2. The molecule has 0 aromatic heterocycles. The summed E-state index contributed by atoms with van der Waals surface area (Å²) in [7, 11) is -4.14. The summed E-state index contributed by atoms with van der Waals surface area (Å²) in [5, 5.41) is 0. The molecule has 0 atom stereocenters. The monoisotopic (exact) mass is 328 g/mol. The summed E-state index contributed by atoms with van der Waals surface area (Å²) in [4.78, 5) is 0. The van der Waals surface area contributed by atoms with Crippen LogP contribution in [0, 0.1) is 0 Å². The topological polar surface area (TPSA) is 44.8 Å². The summed E-state index contributed by atoms with van der Waals surface area (Å²) in [6, 6.07) is 21.1. The molecule has 0 aliphatic rings. The molecule has 3 aromatic rings. The van der Waals surface area contributed by atoms with Crippen LogP contribution in [-0.4, -0.2) is 0 Å². The maximum Gasteiger partial charge on any atom is 0.647 e. The highest BCUT2D eigenvalue weighted by Crippen LogP contribution is 2.49. The number of hydrogen-bond acceptors (Lipinski definition) is 4. The number of benzene rings is 3. The highest BCUT2D eigenvalue weighted by molar-refractivity contribution is 7.49. The van der Waals surface area contributed by atoms with Gasteiger partial charge in [-0.15, -0.1) is 0 Å². The van der Waals surface area contributed by atoms with Gasteiger partial charge in [-0.25, -0.2) is 0 Å². The van der Waals surface area contributed by atoms with Crippen molar-refractivity contribution in [3.05, 3.63) is 90.9 Å². The molecule has 0 N–H and O–H groups in total. The summed E-state index contributed by atoms with van der Waals surface area (Å²) >= 11 is 0. The molecule has 0 heterocycles. The first-order valence-corrected chi connectivity index (χ1v) is 8.37. The van der Waals surface area contributed by atoms with Crippen molar-refractivity contribution in [2.45, 2.75) is 0 Å². The normalized spacial score (nSPS) is 12.0. The van der Waals surface area contributed by atoms with E-state index < -0.39 is 7.82 Å². The molecule has 0 saturated carbocycles. The Bertz CT molecular complexity index is 843. The van der Waals surface area contributed by atoms with Crippen molar-refractivity contribution < 1.29 is 20.9 Å². The molecular formula is C18H15O4P. The molecule has 4 nitrogen and oxygen atoms in total. The standard InChI is InChI=1S/C18H15O4P/c19-23(20-16-10-4-1-5-11-16,21-17-12-6-2-7-13-17)22-18-14-8-3-9-15-18/h1-15H/i4D,10D. The highest BCUT2D eigenvalue weighted by atomic mass is 31.2. The fraction of sp³-hybridized carbons (Fsp3) is 0. The molecule has 5 heteroatoms. The van der Waals surface area contributed by atoms with E-state index in [1.54, 1.807) is 60.7 Å². The minimum atomic E-state index is -4.14. The van der Waals surface area contributed by atoms with Crippen LogP contribution in [0.2, 0.25) is 0 Å². The first-order valence-electron chi connectivity index (χ1n) is 7.91. The van der Waals surface area contributed by atoms with Crippen molar-refractivity contribution in [1.82, 2.24) is 0 Å². The Balaban J connectivity index is 1.93. The molecule has 0 fully saturated rings. The van der Waals surface area contributed by atoms with Crippen LogP contribution in [0.15, 0.2) is 90.9 Å². The Morgan fingerprint density at radius 1 is 0.652 bits per heavy atom. The van der Waals surface area contributed by atoms with Crippen molar-refractivity contribution in [2.75, 3.05) is 0 Å². The lowest BCUT2D eigenvalue weighted by molar-refractivity contribution is 0.298. The van der Waals surface area contributed by atoms with Crippen LogP contribution in [0.3, 0.4) is 0 Å². The van der Waals surface area contributed by atoms with Gasteiger partial charge in [0.05, 0.1) is 2.74 Å². The molecule has 116 valence electrons. The SMILES string of the molecule is [2H]c1cccc(OP(=O)(Oc2ccccc2)Oc2ccccc2)c1[2H]. The summed E-state index contributed by atoms with van der Waals surface area (Å²) in [6.07, 6.45) is 0. The molecule has 0 spiro atoms. The van der Waals surface area contributed by atoms with Crippen molar-refractivity contribution in [1.29, 1.82) is 0 Å². The second kappa shape index (κ2) is 7.03. The van der Waals surface area contributed by atoms with Crippen molar-refractivity contribution >= 4 is 7.82 Å². The van der Waals surface area contributed by atoms with Gasteiger partial charge in [-0.1, -0.05) is 54.6 Å². The minimum Gasteiger partial charge on any atom is -0.386 e. The third-order valence-corrected chi connectivity index (χ3v) is 4.04. The van der Waals surface area contributed by atoms with Gasteiger partial charge in [0.2, 0.25) is 0 Å². The fourth-order valence-electron chi connectivity index (χ4n) is 1.79.